The van der Waals surface area contributed by atoms with E-state index in [9.17, 15) is 5.11 Å². The van der Waals surface area contributed by atoms with E-state index in [1.165, 1.54) is 38.5 Å². The summed E-state index contributed by atoms with van der Waals surface area (Å²) >= 11 is 0. The smallest absolute Gasteiger partial charge is 0.124 e. The molecule has 0 aromatic heterocycles. The number of methoxy groups -OCH3 is 1. The van der Waals surface area contributed by atoms with Crippen molar-refractivity contribution < 1.29 is 9.84 Å². The normalized spacial score (nSPS) is 27.9. The van der Waals surface area contributed by atoms with Crippen LogP contribution in [0, 0.1) is 5.92 Å². The summed E-state index contributed by atoms with van der Waals surface area (Å²) in [5, 5.41) is 10.7. The van der Waals surface area contributed by atoms with E-state index in [0.717, 1.165) is 30.3 Å². The minimum absolute atomic E-state index is 0.457. The van der Waals surface area contributed by atoms with Gasteiger partial charge in [0.1, 0.15) is 5.75 Å². The van der Waals surface area contributed by atoms with Crippen molar-refractivity contribution in [2.24, 2.45) is 5.92 Å². The molecule has 3 unspecified atom stereocenters. The van der Waals surface area contributed by atoms with Gasteiger partial charge in [-0.05, 0) is 44.2 Å². The Morgan fingerprint density at radius 2 is 1.95 bits per heavy atom. The summed E-state index contributed by atoms with van der Waals surface area (Å²) in [5.74, 6) is 1.65. The molecule has 1 aliphatic heterocycles. The van der Waals surface area contributed by atoms with Crippen molar-refractivity contribution in [2.45, 2.75) is 50.7 Å². The van der Waals surface area contributed by atoms with E-state index < -0.39 is 6.10 Å². The van der Waals surface area contributed by atoms with Crippen molar-refractivity contribution in [3.8, 4) is 5.75 Å². The number of ether oxygens (including phenoxy) is 1. The van der Waals surface area contributed by atoms with Gasteiger partial charge in [0.05, 0.1) is 13.2 Å². The highest BCUT2D eigenvalue weighted by atomic mass is 16.5. The molecule has 1 saturated carbocycles. The summed E-state index contributed by atoms with van der Waals surface area (Å²) in [7, 11) is 1.67. The second-order valence-electron chi connectivity index (χ2n) is 6.51. The van der Waals surface area contributed by atoms with Gasteiger partial charge in [-0.3, -0.25) is 4.90 Å². The number of aliphatic hydroxyl groups excluding tert-OH is 1. The average molecular weight is 289 g/mol. The number of fused-ring (bicyclic) bond motifs is 1. The number of aliphatic hydroxyl groups is 1. The fourth-order valence-electron chi connectivity index (χ4n) is 4.22. The van der Waals surface area contributed by atoms with Crippen LogP contribution < -0.4 is 4.74 Å². The molecule has 21 heavy (non-hydrogen) atoms. The number of β-amino-alcohol motifs (C(OH)–C–C–N with tert-alkyl or cyclic N) is 1. The highest BCUT2D eigenvalue weighted by Crippen LogP contribution is 2.36. The molecule has 2 fully saturated rings. The molecule has 1 saturated heterocycles. The minimum atomic E-state index is -0.457. The first-order chi connectivity index (χ1) is 10.3. The molecule has 3 rings (SSSR count). The van der Waals surface area contributed by atoms with Crippen molar-refractivity contribution in [3.63, 3.8) is 0 Å². The summed E-state index contributed by atoms with van der Waals surface area (Å²) < 4.78 is 5.38. The SMILES string of the molecule is COc1ccccc1C(O)CN1CCCC2CCCCC21. The quantitative estimate of drug-likeness (QED) is 0.922. The Morgan fingerprint density at radius 1 is 1.19 bits per heavy atom. The van der Waals surface area contributed by atoms with Crippen molar-refractivity contribution in [3.05, 3.63) is 29.8 Å². The monoisotopic (exact) mass is 289 g/mol. The molecule has 2 aliphatic rings. The first-order valence-electron chi connectivity index (χ1n) is 8.34. The molecule has 0 spiro atoms. The third kappa shape index (κ3) is 3.24. The molecule has 0 radical (unpaired) electrons. The van der Waals surface area contributed by atoms with Gasteiger partial charge in [-0.15, -0.1) is 0 Å². The molecule has 1 aromatic rings. The van der Waals surface area contributed by atoms with E-state index in [1.807, 2.05) is 24.3 Å². The zero-order valence-electron chi connectivity index (χ0n) is 13.0. The Kier molecular flexibility index (Phi) is 4.81. The predicted molar refractivity (Wildman–Crippen MR) is 84.5 cm³/mol. The van der Waals surface area contributed by atoms with Gasteiger partial charge in [0.2, 0.25) is 0 Å². The van der Waals surface area contributed by atoms with Crippen LogP contribution in [0.15, 0.2) is 24.3 Å². The van der Waals surface area contributed by atoms with Gasteiger partial charge in [-0.2, -0.15) is 0 Å². The van der Waals surface area contributed by atoms with Gasteiger partial charge in [0.15, 0.2) is 0 Å². The van der Waals surface area contributed by atoms with Gasteiger partial charge >= 0.3 is 0 Å². The number of hydrogen-bond acceptors (Lipinski definition) is 3. The largest absolute Gasteiger partial charge is 0.496 e. The van der Waals surface area contributed by atoms with E-state index in [1.54, 1.807) is 7.11 Å². The number of rotatable bonds is 4. The van der Waals surface area contributed by atoms with Crippen LogP contribution in [0.5, 0.6) is 5.75 Å². The molecule has 3 nitrogen and oxygen atoms in total. The highest BCUT2D eigenvalue weighted by Gasteiger charge is 2.34. The van der Waals surface area contributed by atoms with Gasteiger partial charge in [-0.1, -0.05) is 31.0 Å². The predicted octanol–water partition coefficient (Wildman–Crippen LogP) is 3.38. The van der Waals surface area contributed by atoms with Gasteiger partial charge in [0.25, 0.3) is 0 Å². The fraction of sp³-hybridized carbons (Fsp3) is 0.667. The zero-order chi connectivity index (χ0) is 14.7. The molecule has 116 valence electrons. The molecular formula is C18H27NO2. The lowest BCUT2D eigenvalue weighted by Gasteiger charge is -2.44. The first-order valence-corrected chi connectivity index (χ1v) is 8.34. The molecule has 1 aliphatic carbocycles. The molecule has 0 bridgehead atoms. The maximum Gasteiger partial charge on any atom is 0.124 e. The van der Waals surface area contributed by atoms with Gasteiger partial charge < -0.3 is 9.84 Å². The van der Waals surface area contributed by atoms with E-state index in [2.05, 4.69) is 4.90 Å². The van der Waals surface area contributed by atoms with Crippen molar-refractivity contribution in [1.82, 2.24) is 4.90 Å². The second kappa shape index (κ2) is 6.80. The lowest BCUT2D eigenvalue weighted by molar-refractivity contribution is 0.0199. The van der Waals surface area contributed by atoms with Crippen LogP contribution in [0.2, 0.25) is 0 Å². The molecule has 0 amide bonds. The summed E-state index contributed by atoms with van der Waals surface area (Å²) in [6.45, 7) is 1.87. The number of likely N-dealkylation sites (tertiary alicyclic amines) is 1. The zero-order valence-corrected chi connectivity index (χ0v) is 13.0. The second-order valence-corrected chi connectivity index (χ2v) is 6.51. The standard InChI is InChI=1S/C18H27NO2/c1-21-18-11-5-3-9-15(18)17(20)13-19-12-6-8-14-7-2-4-10-16(14)19/h3,5,9,11,14,16-17,20H,2,4,6-8,10,12-13H2,1H3. The molecule has 3 atom stereocenters. The van der Waals surface area contributed by atoms with E-state index in [-0.39, 0.29) is 0 Å². The number of hydrogen-bond donors (Lipinski definition) is 1. The highest BCUT2D eigenvalue weighted by molar-refractivity contribution is 5.35. The lowest BCUT2D eigenvalue weighted by Crippen LogP contribution is -2.48. The Balaban J connectivity index is 1.69. The Hall–Kier alpha value is -1.06. The van der Waals surface area contributed by atoms with E-state index in [0.29, 0.717) is 6.04 Å². The minimum Gasteiger partial charge on any atom is -0.496 e. The van der Waals surface area contributed by atoms with Gasteiger partial charge in [-0.25, -0.2) is 0 Å². The topological polar surface area (TPSA) is 32.7 Å². The Morgan fingerprint density at radius 3 is 2.81 bits per heavy atom. The van der Waals surface area contributed by atoms with Crippen molar-refractivity contribution in [2.75, 3.05) is 20.2 Å². The lowest BCUT2D eigenvalue weighted by atomic mass is 9.78. The maximum atomic E-state index is 10.7. The number of benzene rings is 1. The molecule has 1 heterocycles. The number of piperidine rings is 1. The van der Waals surface area contributed by atoms with Crippen molar-refractivity contribution in [1.29, 1.82) is 0 Å². The summed E-state index contributed by atoms with van der Waals surface area (Å²) in [6.07, 6.45) is 7.63. The molecule has 3 heteroatoms. The summed E-state index contributed by atoms with van der Waals surface area (Å²) in [5.41, 5.74) is 0.915. The number of para-hydroxylation sites is 1. The molecular weight excluding hydrogens is 262 g/mol. The van der Waals surface area contributed by atoms with Crippen LogP contribution in [-0.2, 0) is 0 Å². The maximum absolute atomic E-state index is 10.7. The summed E-state index contributed by atoms with van der Waals surface area (Å²) in [6, 6.07) is 8.52. The number of nitrogens with zero attached hydrogens (tertiary/aromatic N) is 1. The Labute approximate surface area is 127 Å². The fourth-order valence-corrected chi connectivity index (χ4v) is 4.22. The van der Waals surface area contributed by atoms with Crippen LogP contribution in [0.25, 0.3) is 0 Å². The van der Waals surface area contributed by atoms with Crippen LogP contribution in [0.3, 0.4) is 0 Å². The van der Waals surface area contributed by atoms with Crippen LogP contribution in [-0.4, -0.2) is 36.2 Å². The van der Waals surface area contributed by atoms with E-state index in [4.69, 9.17) is 4.74 Å². The van der Waals surface area contributed by atoms with Crippen LogP contribution in [0.4, 0.5) is 0 Å². The van der Waals surface area contributed by atoms with Crippen LogP contribution >= 0.6 is 0 Å². The first kappa shape index (κ1) is 14.9. The summed E-state index contributed by atoms with van der Waals surface area (Å²) in [4.78, 5) is 2.53. The third-order valence-electron chi connectivity index (χ3n) is 5.26. The molecule has 1 N–H and O–H groups in total. The average Bonchev–Trinajstić information content (AvgIpc) is 2.55. The van der Waals surface area contributed by atoms with Gasteiger partial charge in [0, 0.05) is 18.2 Å². The Bertz CT molecular complexity index is 460. The van der Waals surface area contributed by atoms with Crippen molar-refractivity contribution >= 4 is 0 Å². The third-order valence-corrected chi connectivity index (χ3v) is 5.26. The van der Waals surface area contributed by atoms with E-state index >= 15 is 0 Å². The molecule has 1 aromatic carbocycles. The van der Waals surface area contributed by atoms with Crippen LogP contribution in [0.1, 0.15) is 50.2 Å².